The predicted octanol–water partition coefficient (Wildman–Crippen LogP) is 5.55. The highest BCUT2D eigenvalue weighted by atomic mass is 32.2. The number of alkyl carbamates (subject to hydrolysis) is 1. The van der Waals surface area contributed by atoms with Crippen molar-refractivity contribution >= 4 is 35.7 Å². The Hall–Kier alpha value is -2.01. The van der Waals surface area contributed by atoms with Crippen molar-refractivity contribution in [3.63, 3.8) is 0 Å². The first-order valence-corrected chi connectivity index (χ1v) is 16.1. The molecule has 10 nitrogen and oxygen atoms in total. The van der Waals surface area contributed by atoms with Crippen LogP contribution in [0.4, 0.5) is 4.79 Å². The van der Waals surface area contributed by atoms with Crippen LogP contribution in [0.1, 0.15) is 113 Å². The first kappa shape index (κ1) is 39.0. The lowest BCUT2D eigenvalue weighted by atomic mass is 10.1. The minimum atomic E-state index is -1.05. The summed E-state index contributed by atoms with van der Waals surface area (Å²) in [6.45, 7) is 13.0. The summed E-state index contributed by atoms with van der Waals surface area (Å²) in [4.78, 5) is 49.8. The number of carbonyl (C=O) groups is 4. The largest absolute Gasteiger partial charge is 0.467 e. The molecule has 0 aliphatic carbocycles. The molecular formula is C30H56N2O8S. The molecule has 0 rings (SSSR count). The van der Waals surface area contributed by atoms with Crippen LogP contribution in [-0.4, -0.2) is 79.1 Å². The van der Waals surface area contributed by atoms with Gasteiger partial charge in [-0.05, 0) is 48.0 Å². The van der Waals surface area contributed by atoms with E-state index in [4.69, 9.17) is 18.9 Å². The highest BCUT2D eigenvalue weighted by Gasteiger charge is 2.30. The molecule has 0 heterocycles. The molecular weight excluding hydrogens is 548 g/mol. The zero-order valence-electron chi connectivity index (χ0n) is 26.7. The van der Waals surface area contributed by atoms with E-state index in [0.717, 1.165) is 19.3 Å². The molecule has 0 aromatic rings. The zero-order valence-corrected chi connectivity index (χ0v) is 27.5. The van der Waals surface area contributed by atoms with Crippen LogP contribution in [0.5, 0.6) is 0 Å². The van der Waals surface area contributed by atoms with Gasteiger partial charge in [-0.2, -0.15) is 11.8 Å². The van der Waals surface area contributed by atoms with Crippen molar-refractivity contribution < 1.29 is 38.1 Å². The molecule has 2 unspecified atom stereocenters. The minimum absolute atomic E-state index is 0.0941. The third-order valence-electron chi connectivity index (χ3n) is 5.75. The Kier molecular flexibility index (Phi) is 20.6. The average Bonchev–Trinajstić information content (AvgIpc) is 2.87. The van der Waals surface area contributed by atoms with E-state index in [1.165, 1.54) is 57.4 Å². The highest BCUT2D eigenvalue weighted by molar-refractivity contribution is 7.99. The van der Waals surface area contributed by atoms with E-state index < -0.39 is 41.3 Å². The maximum absolute atomic E-state index is 13.1. The van der Waals surface area contributed by atoms with E-state index >= 15 is 0 Å². The molecule has 0 saturated heterocycles. The van der Waals surface area contributed by atoms with Gasteiger partial charge in [0.1, 0.15) is 18.2 Å². The maximum atomic E-state index is 13.1. The molecule has 0 aromatic heterocycles. The summed E-state index contributed by atoms with van der Waals surface area (Å²) in [5.74, 6) is -0.857. The van der Waals surface area contributed by atoms with Gasteiger partial charge in [0.15, 0.2) is 6.04 Å². The second kappa shape index (κ2) is 21.7. The third kappa shape index (κ3) is 23.3. The van der Waals surface area contributed by atoms with Crippen LogP contribution in [0, 0.1) is 0 Å². The van der Waals surface area contributed by atoms with Gasteiger partial charge in [-0.25, -0.2) is 9.59 Å². The number of hydrogen-bond donors (Lipinski definition) is 2. The fraction of sp³-hybridized carbons (Fsp3) is 0.867. The maximum Gasteiger partial charge on any atom is 0.408 e. The van der Waals surface area contributed by atoms with Crippen LogP contribution in [0.25, 0.3) is 0 Å². The number of nitrogens with one attached hydrogen (secondary N) is 2. The molecule has 0 fully saturated rings. The summed E-state index contributed by atoms with van der Waals surface area (Å²) < 4.78 is 21.1. The number of amides is 2. The Morgan fingerprint density at radius 1 is 0.780 bits per heavy atom. The number of thioether (sulfide) groups is 1. The van der Waals surface area contributed by atoms with E-state index in [9.17, 15) is 19.2 Å². The molecule has 0 bridgehead atoms. The molecule has 11 heteroatoms. The van der Waals surface area contributed by atoms with Gasteiger partial charge in [0.2, 0.25) is 5.91 Å². The average molecular weight is 605 g/mol. The van der Waals surface area contributed by atoms with Crippen molar-refractivity contribution in [3.05, 3.63) is 0 Å². The van der Waals surface area contributed by atoms with Crippen molar-refractivity contribution in [1.82, 2.24) is 10.6 Å². The lowest BCUT2D eigenvalue weighted by molar-refractivity contribution is -0.148. The summed E-state index contributed by atoms with van der Waals surface area (Å²) in [7, 11) is 1.22. The number of unbranched alkanes of at least 4 members (excludes halogenated alkanes) is 8. The summed E-state index contributed by atoms with van der Waals surface area (Å²) in [5.41, 5.74) is -1.29. The van der Waals surface area contributed by atoms with E-state index in [0.29, 0.717) is 12.2 Å². The van der Waals surface area contributed by atoms with Crippen molar-refractivity contribution in [2.75, 3.05) is 31.8 Å². The van der Waals surface area contributed by atoms with Crippen LogP contribution in [0.2, 0.25) is 0 Å². The van der Waals surface area contributed by atoms with Crippen LogP contribution < -0.4 is 10.6 Å². The van der Waals surface area contributed by atoms with E-state index in [1.807, 2.05) is 20.8 Å². The second-order valence-corrected chi connectivity index (χ2v) is 13.2. The molecule has 41 heavy (non-hydrogen) atoms. The molecule has 2 N–H and O–H groups in total. The van der Waals surface area contributed by atoms with Gasteiger partial charge in [-0.3, -0.25) is 9.59 Å². The van der Waals surface area contributed by atoms with Gasteiger partial charge < -0.3 is 29.6 Å². The Morgan fingerprint density at radius 2 is 1.37 bits per heavy atom. The molecule has 0 saturated carbocycles. The quantitative estimate of drug-likeness (QED) is 0.0984. The topological polar surface area (TPSA) is 129 Å². The van der Waals surface area contributed by atoms with E-state index in [2.05, 4.69) is 17.6 Å². The monoisotopic (exact) mass is 604 g/mol. The Balaban J connectivity index is 4.69. The van der Waals surface area contributed by atoms with E-state index in [1.54, 1.807) is 20.8 Å². The SMILES string of the molecule is CCCCCCCCCCCC(=O)OCCSCC(NC(=O)OC(C)(C)C)C(=O)NC(COC(C)(C)C)C(=O)OC. The Labute approximate surface area is 252 Å². The van der Waals surface area contributed by atoms with Gasteiger partial charge in [0.25, 0.3) is 0 Å². The first-order chi connectivity index (χ1) is 19.2. The van der Waals surface area contributed by atoms with Gasteiger partial charge in [0.05, 0.1) is 19.3 Å². The van der Waals surface area contributed by atoms with Crippen LogP contribution in [0.15, 0.2) is 0 Å². The van der Waals surface area contributed by atoms with Crippen LogP contribution >= 0.6 is 11.8 Å². The standard InChI is InChI=1S/C30H56N2O8S/c1-9-10-11-12-13-14-15-16-17-18-25(33)38-19-20-41-22-24(32-28(36)40-30(5,6)7)26(34)31-23(27(35)37-8)21-39-29(2,3)4/h23-24H,9-22H2,1-8H3,(H,31,34)(H,32,36). The molecule has 2 atom stereocenters. The lowest BCUT2D eigenvalue weighted by Crippen LogP contribution is -2.55. The normalized spacial score (nSPS) is 13.2. The fourth-order valence-electron chi connectivity index (χ4n) is 3.62. The minimum Gasteiger partial charge on any atom is -0.467 e. The second-order valence-electron chi connectivity index (χ2n) is 12.1. The number of carbonyl (C=O) groups excluding carboxylic acids is 4. The van der Waals surface area contributed by atoms with Crippen molar-refractivity contribution in [1.29, 1.82) is 0 Å². The fourth-order valence-corrected chi connectivity index (χ4v) is 4.46. The van der Waals surface area contributed by atoms with Crippen molar-refractivity contribution in [3.8, 4) is 0 Å². The van der Waals surface area contributed by atoms with Crippen LogP contribution in [0.3, 0.4) is 0 Å². The molecule has 0 spiro atoms. The lowest BCUT2D eigenvalue weighted by Gasteiger charge is -2.26. The highest BCUT2D eigenvalue weighted by Crippen LogP contribution is 2.12. The number of hydrogen-bond acceptors (Lipinski definition) is 9. The summed E-state index contributed by atoms with van der Waals surface area (Å²) in [6, 6.07) is -2.06. The molecule has 0 aliphatic heterocycles. The number of ether oxygens (including phenoxy) is 4. The predicted molar refractivity (Wildman–Crippen MR) is 163 cm³/mol. The molecule has 0 aliphatic rings. The Morgan fingerprint density at radius 3 is 1.90 bits per heavy atom. The zero-order chi connectivity index (χ0) is 31.3. The summed E-state index contributed by atoms with van der Waals surface area (Å²) in [6.07, 6.45) is 10.3. The van der Waals surface area contributed by atoms with Gasteiger partial charge in [-0.15, -0.1) is 0 Å². The third-order valence-corrected chi connectivity index (χ3v) is 6.78. The van der Waals surface area contributed by atoms with Gasteiger partial charge >= 0.3 is 18.0 Å². The summed E-state index contributed by atoms with van der Waals surface area (Å²) in [5, 5.41) is 5.18. The molecule has 0 aromatic carbocycles. The van der Waals surface area contributed by atoms with Gasteiger partial charge in [-0.1, -0.05) is 58.3 Å². The van der Waals surface area contributed by atoms with Crippen molar-refractivity contribution in [2.24, 2.45) is 0 Å². The van der Waals surface area contributed by atoms with Crippen molar-refractivity contribution in [2.45, 2.75) is 136 Å². The first-order valence-electron chi connectivity index (χ1n) is 14.9. The van der Waals surface area contributed by atoms with Crippen LogP contribution in [-0.2, 0) is 33.3 Å². The van der Waals surface area contributed by atoms with Gasteiger partial charge in [0, 0.05) is 17.9 Å². The number of methoxy groups -OCH3 is 1. The molecule has 0 radical (unpaired) electrons. The number of rotatable bonds is 21. The van der Waals surface area contributed by atoms with E-state index in [-0.39, 0.29) is 24.9 Å². The smallest absolute Gasteiger partial charge is 0.408 e. The molecule has 2 amide bonds. The Bertz CT molecular complexity index is 765. The molecule has 240 valence electrons. The number of esters is 2. The summed E-state index contributed by atoms with van der Waals surface area (Å²) >= 11 is 1.34.